The third kappa shape index (κ3) is 3.14. The van der Waals surface area contributed by atoms with Crippen LogP contribution in [0.25, 0.3) is 0 Å². The Morgan fingerprint density at radius 3 is 2.14 bits per heavy atom. The molecule has 0 saturated heterocycles. The van der Waals surface area contributed by atoms with Crippen LogP contribution in [-0.4, -0.2) is 41.3 Å². The molecule has 1 atom stereocenters. The molecule has 0 aliphatic carbocycles. The number of hydrogen-bond acceptors (Lipinski definition) is 5. The summed E-state index contributed by atoms with van der Waals surface area (Å²) in [7, 11) is 0.283. The fourth-order valence-electron chi connectivity index (χ4n) is 1.21. The first-order chi connectivity index (χ1) is 6.55. The molecule has 4 N–H and O–H groups in total. The molecule has 0 spiro atoms. The zero-order valence-corrected chi connectivity index (χ0v) is 10.1. The molecule has 0 amide bonds. The molecule has 0 fully saturated rings. The molecule has 14 heavy (non-hydrogen) atoms. The fraction of sp³-hybridized carbons (Fsp3) is 0.875. The average Bonchev–Trinajstić information content (AvgIpc) is 2.23. The standard InChI is InChI=1S/C8H20N2O3Si/c1-12-14(3,13-2)8(11)7(6-10)4-5-9/h7H,4-6,9-10H2,1-3H3. The fourth-order valence-corrected chi connectivity index (χ4v) is 2.79. The van der Waals surface area contributed by atoms with Crippen LogP contribution < -0.4 is 11.5 Å². The third-order valence-corrected chi connectivity index (χ3v) is 5.26. The van der Waals surface area contributed by atoms with Crippen molar-refractivity contribution in [1.82, 2.24) is 0 Å². The molecule has 0 bridgehead atoms. The number of carbonyl (C=O) groups excluding carboxylic acids is 1. The SMILES string of the molecule is CO[Si](C)(OC)C(=O)C(CN)CCN. The first-order valence-corrected chi connectivity index (χ1v) is 6.92. The van der Waals surface area contributed by atoms with Crippen LogP contribution in [0, 0.1) is 5.92 Å². The van der Waals surface area contributed by atoms with Crippen molar-refractivity contribution in [3.63, 3.8) is 0 Å². The van der Waals surface area contributed by atoms with Crippen molar-refractivity contribution in [3.8, 4) is 0 Å². The number of nitrogens with two attached hydrogens (primary N) is 2. The smallest absolute Gasteiger partial charge is 0.393 e. The topological polar surface area (TPSA) is 87.6 Å². The number of carbonyl (C=O) groups is 1. The van der Waals surface area contributed by atoms with Crippen molar-refractivity contribution in [3.05, 3.63) is 0 Å². The Kier molecular flexibility index (Phi) is 6.13. The molecule has 84 valence electrons. The lowest BCUT2D eigenvalue weighted by Crippen LogP contribution is -2.51. The molecule has 0 aliphatic heterocycles. The Morgan fingerprint density at radius 1 is 1.36 bits per heavy atom. The molecule has 6 heteroatoms. The van der Waals surface area contributed by atoms with Crippen molar-refractivity contribution in [2.75, 3.05) is 27.3 Å². The Bertz CT molecular complexity index is 185. The molecule has 0 aromatic carbocycles. The van der Waals surface area contributed by atoms with Crippen molar-refractivity contribution in [2.24, 2.45) is 17.4 Å². The Hall–Kier alpha value is -0.273. The highest BCUT2D eigenvalue weighted by atomic mass is 28.4. The van der Waals surface area contributed by atoms with Gasteiger partial charge in [-0.25, -0.2) is 0 Å². The largest absolute Gasteiger partial charge is 0.406 e. The van der Waals surface area contributed by atoms with Crippen LogP contribution in [0.4, 0.5) is 0 Å². The van der Waals surface area contributed by atoms with E-state index in [9.17, 15) is 4.79 Å². The summed E-state index contributed by atoms with van der Waals surface area (Å²) in [5.41, 5.74) is 10.9. The third-order valence-electron chi connectivity index (χ3n) is 2.40. The van der Waals surface area contributed by atoms with Gasteiger partial charge in [-0.3, -0.25) is 4.79 Å². The molecule has 0 aromatic heterocycles. The molecule has 0 aromatic rings. The van der Waals surface area contributed by atoms with Gasteiger partial charge < -0.3 is 20.3 Å². The van der Waals surface area contributed by atoms with Crippen LogP contribution in [0.1, 0.15) is 6.42 Å². The Labute approximate surface area is 86.0 Å². The molecule has 0 heterocycles. The zero-order valence-electron chi connectivity index (χ0n) is 9.08. The van der Waals surface area contributed by atoms with Gasteiger partial charge in [-0.05, 0) is 19.5 Å². The van der Waals surface area contributed by atoms with E-state index >= 15 is 0 Å². The Balaban J connectivity index is 4.53. The van der Waals surface area contributed by atoms with E-state index in [-0.39, 0.29) is 11.3 Å². The molecule has 0 radical (unpaired) electrons. The highest BCUT2D eigenvalue weighted by molar-refractivity contribution is 6.96. The zero-order chi connectivity index (χ0) is 11.2. The summed E-state index contributed by atoms with van der Waals surface area (Å²) in [6.45, 7) is 2.46. The van der Waals surface area contributed by atoms with Gasteiger partial charge in [0, 0.05) is 26.7 Å². The minimum Gasteiger partial charge on any atom is -0.393 e. The summed E-state index contributed by atoms with van der Waals surface area (Å²) in [6, 6.07) is 0. The quantitative estimate of drug-likeness (QED) is 0.558. The van der Waals surface area contributed by atoms with Crippen LogP contribution in [0.15, 0.2) is 0 Å². The van der Waals surface area contributed by atoms with Gasteiger partial charge in [0.15, 0.2) is 5.41 Å². The van der Waals surface area contributed by atoms with Crippen molar-refractivity contribution in [2.45, 2.75) is 13.0 Å². The second-order valence-corrected chi connectivity index (χ2v) is 6.43. The van der Waals surface area contributed by atoms with Crippen LogP contribution in [0.3, 0.4) is 0 Å². The van der Waals surface area contributed by atoms with Gasteiger partial charge in [0.1, 0.15) is 0 Å². The monoisotopic (exact) mass is 220 g/mol. The molecular formula is C8H20N2O3Si. The normalized spacial score (nSPS) is 14.1. The maximum Gasteiger partial charge on any atom is 0.406 e. The van der Waals surface area contributed by atoms with E-state index < -0.39 is 8.56 Å². The maximum absolute atomic E-state index is 11.9. The molecule has 1 unspecified atom stereocenters. The summed E-state index contributed by atoms with van der Waals surface area (Å²) in [5, 5.41) is -0.0181. The highest BCUT2D eigenvalue weighted by Crippen LogP contribution is 2.14. The van der Waals surface area contributed by atoms with Gasteiger partial charge in [-0.2, -0.15) is 0 Å². The Morgan fingerprint density at radius 2 is 1.86 bits per heavy atom. The number of hydrogen-bond donors (Lipinski definition) is 2. The average molecular weight is 220 g/mol. The first kappa shape index (κ1) is 13.7. The van der Waals surface area contributed by atoms with Gasteiger partial charge in [0.05, 0.1) is 0 Å². The lowest BCUT2D eigenvalue weighted by Gasteiger charge is -2.25. The van der Waals surface area contributed by atoms with Gasteiger partial charge in [-0.15, -0.1) is 0 Å². The van der Waals surface area contributed by atoms with E-state index in [1.54, 1.807) is 6.55 Å². The minimum absolute atomic E-state index is 0.0181. The minimum atomic E-state index is -2.70. The highest BCUT2D eigenvalue weighted by Gasteiger charge is 2.42. The van der Waals surface area contributed by atoms with E-state index in [0.717, 1.165) is 0 Å². The van der Waals surface area contributed by atoms with E-state index in [1.807, 2.05) is 0 Å². The van der Waals surface area contributed by atoms with Crippen molar-refractivity contribution >= 4 is 14.0 Å². The van der Waals surface area contributed by atoms with Crippen LogP contribution in [0.5, 0.6) is 0 Å². The van der Waals surface area contributed by atoms with E-state index in [2.05, 4.69) is 0 Å². The predicted molar refractivity (Wildman–Crippen MR) is 56.9 cm³/mol. The summed E-state index contributed by atoms with van der Waals surface area (Å²) in [5.74, 6) is -0.239. The first-order valence-electron chi connectivity index (χ1n) is 4.60. The van der Waals surface area contributed by atoms with Gasteiger partial charge in [-0.1, -0.05) is 0 Å². The second-order valence-electron chi connectivity index (χ2n) is 3.23. The lowest BCUT2D eigenvalue weighted by atomic mass is 10.1. The van der Waals surface area contributed by atoms with Crippen molar-refractivity contribution < 1.29 is 13.6 Å². The van der Waals surface area contributed by atoms with Gasteiger partial charge in [0.2, 0.25) is 0 Å². The predicted octanol–water partition coefficient (Wildman–Crippen LogP) is -0.617. The summed E-state index contributed by atoms with van der Waals surface area (Å²) in [4.78, 5) is 11.9. The van der Waals surface area contributed by atoms with E-state index in [0.29, 0.717) is 19.5 Å². The molecule has 0 rings (SSSR count). The van der Waals surface area contributed by atoms with Crippen LogP contribution >= 0.6 is 0 Å². The summed E-state index contributed by atoms with van der Waals surface area (Å²) in [6.07, 6.45) is 0.588. The van der Waals surface area contributed by atoms with Gasteiger partial charge in [0.25, 0.3) is 0 Å². The summed E-state index contributed by atoms with van der Waals surface area (Å²) >= 11 is 0. The van der Waals surface area contributed by atoms with E-state index in [1.165, 1.54) is 14.2 Å². The number of rotatable bonds is 7. The maximum atomic E-state index is 11.9. The summed E-state index contributed by atoms with van der Waals surface area (Å²) < 4.78 is 10.3. The van der Waals surface area contributed by atoms with Crippen LogP contribution in [-0.2, 0) is 13.6 Å². The van der Waals surface area contributed by atoms with Gasteiger partial charge >= 0.3 is 8.56 Å². The van der Waals surface area contributed by atoms with Crippen molar-refractivity contribution in [1.29, 1.82) is 0 Å². The molecule has 0 saturated carbocycles. The van der Waals surface area contributed by atoms with E-state index in [4.69, 9.17) is 20.3 Å². The lowest BCUT2D eigenvalue weighted by molar-refractivity contribution is -0.118. The molecular weight excluding hydrogens is 200 g/mol. The van der Waals surface area contributed by atoms with Crippen LogP contribution in [0.2, 0.25) is 6.55 Å². The second kappa shape index (κ2) is 6.26. The molecule has 0 aliphatic rings. The molecule has 5 nitrogen and oxygen atoms in total.